The highest BCUT2D eigenvalue weighted by atomic mass is 32.2. The molecule has 0 radical (unpaired) electrons. The first-order valence-electron chi connectivity index (χ1n) is 9.00. The normalized spacial score (nSPS) is 20.5. The number of sulfone groups is 1. The van der Waals surface area contributed by atoms with Gasteiger partial charge in [0.05, 0.1) is 5.56 Å². The molecule has 28 heavy (non-hydrogen) atoms. The lowest BCUT2D eigenvalue weighted by Gasteiger charge is -2.43. The molecule has 2 amide bonds. The molecule has 4 rings (SSSR count). The smallest absolute Gasteiger partial charge is 0.256 e. The van der Waals surface area contributed by atoms with E-state index in [9.17, 15) is 22.4 Å². The highest BCUT2D eigenvalue weighted by Gasteiger charge is 2.59. The molecular weight excluding hydrogens is 383 g/mol. The van der Waals surface area contributed by atoms with Gasteiger partial charge in [0, 0.05) is 31.6 Å². The van der Waals surface area contributed by atoms with Crippen molar-refractivity contribution in [1.29, 1.82) is 0 Å². The van der Waals surface area contributed by atoms with Gasteiger partial charge in [-0.3, -0.25) is 14.5 Å². The average molecular weight is 402 g/mol. The van der Waals surface area contributed by atoms with Crippen LogP contribution in [0.5, 0.6) is 0 Å². The minimum absolute atomic E-state index is 0.0382. The van der Waals surface area contributed by atoms with Crippen molar-refractivity contribution in [3.8, 4) is 0 Å². The first kappa shape index (κ1) is 18.6. The number of carbonyl (C=O) groups is 2. The van der Waals surface area contributed by atoms with Gasteiger partial charge in [-0.15, -0.1) is 0 Å². The van der Waals surface area contributed by atoms with Crippen molar-refractivity contribution >= 4 is 27.3 Å². The lowest BCUT2D eigenvalue weighted by Crippen LogP contribution is -2.57. The second kappa shape index (κ2) is 6.70. The molecule has 0 unspecified atom stereocenters. The van der Waals surface area contributed by atoms with E-state index in [1.165, 1.54) is 28.0 Å². The lowest BCUT2D eigenvalue weighted by atomic mass is 10.00. The largest absolute Gasteiger partial charge is 0.338 e. The Labute approximate surface area is 162 Å². The molecule has 2 heterocycles. The Morgan fingerprint density at radius 2 is 1.57 bits per heavy atom. The van der Waals surface area contributed by atoms with Crippen LogP contribution in [-0.4, -0.2) is 48.8 Å². The summed E-state index contributed by atoms with van der Waals surface area (Å²) in [6, 6.07) is 14.4. The molecule has 0 aromatic heterocycles. The van der Waals surface area contributed by atoms with E-state index in [2.05, 4.69) is 0 Å². The van der Waals surface area contributed by atoms with Gasteiger partial charge >= 0.3 is 0 Å². The minimum Gasteiger partial charge on any atom is -0.338 e. The number of rotatable bonds is 2. The molecule has 0 aliphatic carbocycles. The monoisotopic (exact) mass is 402 g/mol. The van der Waals surface area contributed by atoms with Crippen molar-refractivity contribution in [1.82, 2.24) is 4.90 Å². The third-order valence-electron chi connectivity index (χ3n) is 5.50. The summed E-state index contributed by atoms with van der Waals surface area (Å²) in [5.41, 5.74) is 0.492. The third-order valence-corrected chi connectivity index (χ3v) is 7.88. The van der Waals surface area contributed by atoms with Crippen LogP contribution in [0.4, 0.5) is 10.1 Å². The van der Waals surface area contributed by atoms with Crippen LogP contribution in [0.2, 0.25) is 0 Å². The van der Waals surface area contributed by atoms with Crippen molar-refractivity contribution in [2.75, 3.05) is 23.7 Å². The SMILES string of the molecule is O=C(c1ccccc1F)N1CCC2(CC1)N(c1ccccc1)C(=O)CS2(=O)=O. The summed E-state index contributed by atoms with van der Waals surface area (Å²) < 4.78 is 39.8. The summed E-state index contributed by atoms with van der Waals surface area (Å²) in [6.45, 7) is 0.256. The molecule has 6 nitrogen and oxygen atoms in total. The number of carbonyl (C=O) groups excluding carboxylic acids is 2. The summed E-state index contributed by atoms with van der Waals surface area (Å²) in [5, 5.41) is 0. The van der Waals surface area contributed by atoms with Crippen LogP contribution in [-0.2, 0) is 14.6 Å². The first-order valence-corrected chi connectivity index (χ1v) is 10.7. The van der Waals surface area contributed by atoms with Crippen LogP contribution >= 0.6 is 0 Å². The second-order valence-corrected chi connectivity index (χ2v) is 9.32. The van der Waals surface area contributed by atoms with Crippen LogP contribution in [0.25, 0.3) is 0 Å². The standard InChI is InChI=1S/C20H19FN2O4S/c21-17-9-5-4-8-16(17)19(25)22-12-10-20(11-13-22)23(15-6-2-1-3-7-15)18(24)14-28(20,26)27/h1-9H,10-14H2. The average Bonchev–Trinajstić information content (AvgIpc) is 2.87. The Balaban J connectivity index is 1.63. The van der Waals surface area contributed by atoms with Crippen molar-refractivity contribution < 1.29 is 22.4 Å². The van der Waals surface area contributed by atoms with Gasteiger partial charge in [0.15, 0.2) is 14.7 Å². The Morgan fingerprint density at radius 1 is 0.964 bits per heavy atom. The quantitative estimate of drug-likeness (QED) is 0.772. The van der Waals surface area contributed by atoms with Crippen molar-refractivity contribution in [3.05, 3.63) is 66.0 Å². The molecule has 2 fully saturated rings. The molecule has 146 valence electrons. The molecule has 8 heteroatoms. The van der Waals surface area contributed by atoms with Gasteiger partial charge in [0.25, 0.3) is 5.91 Å². The van der Waals surface area contributed by atoms with E-state index in [1.807, 2.05) is 0 Å². The predicted molar refractivity (Wildman–Crippen MR) is 102 cm³/mol. The molecule has 0 atom stereocenters. The van der Waals surface area contributed by atoms with E-state index >= 15 is 0 Å². The zero-order chi connectivity index (χ0) is 19.9. The number of piperidine rings is 1. The number of anilines is 1. The van der Waals surface area contributed by atoms with Gasteiger partial charge in [-0.05, 0) is 24.3 Å². The second-order valence-electron chi connectivity index (χ2n) is 7.04. The van der Waals surface area contributed by atoms with Gasteiger partial charge < -0.3 is 4.90 Å². The van der Waals surface area contributed by atoms with E-state index in [4.69, 9.17) is 0 Å². The van der Waals surface area contributed by atoms with E-state index in [-0.39, 0.29) is 31.5 Å². The Kier molecular flexibility index (Phi) is 4.45. The maximum absolute atomic E-state index is 14.0. The van der Waals surface area contributed by atoms with Crippen LogP contribution in [0.15, 0.2) is 54.6 Å². The molecule has 2 saturated heterocycles. The molecule has 0 N–H and O–H groups in total. The summed E-state index contributed by atoms with van der Waals surface area (Å²) in [6.07, 6.45) is 0.187. The number of likely N-dealkylation sites (tertiary alicyclic amines) is 1. The van der Waals surface area contributed by atoms with Crippen LogP contribution in [0, 0.1) is 5.82 Å². The van der Waals surface area contributed by atoms with E-state index < -0.39 is 38.1 Å². The molecule has 2 aromatic rings. The molecule has 1 spiro atoms. The minimum atomic E-state index is -3.71. The number of nitrogens with zero attached hydrogens (tertiary/aromatic N) is 2. The highest BCUT2D eigenvalue weighted by molar-refractivity contribution is 7.94. The van der Waals surface area contributed by atoms with E-state index in [1.54, 1.807) is 36.4 Å². The molecule has 2 aliphatic heterocycles. The first-order chi connectivity index (χ1) is 13.4. The van der Waals surface area contributed by atoms with Crippen molar-refractivity contribution in [2.24, 2.45) is 0 Å². The number of amides is 2. The third kappa shape index (κ3) is 2.79. The summed E-state index contributed by atoms with van der Waals surface area (Å²) in [4.78, 5) is 26.7. The topological polar surface area (TPSA) is 74.8 Å². The molecule has 2 aromatic carbocycles. The molecular formula is C20H19FN2O4S. The Bertz CT molecular complexity index is 1030. The predicted octanol–water partition coefficient (Wildman–Crippen LogP) is 2.22. The summed E-state index contributed by atoms with van der Waals surface area (Å²) >= 11 is 0. The van der Waals surface area contributed by atoms with Crippen molar-refractivity contribution in [3.63, 3.8) is 0 Å². The summed E-state index contributed by atoms with van der Waals surface area (Å²) in [5.74, 6) is -2.08. The zero-order valence-electron chi connectivity index (χ0n) is 15.0. The Morgan fingerprint density at radius 3 is 2.21 bits per heavy atom. The maximum Gasteiger partial charge on any atom is 0.256 e. The number of benzene rings is 2. The molecule has 0 saturated carbocycles. The van der Waals surface area contributed by atoms with Gasteiger partial charge in [0.2, 0.25) is 5.91 Å². The van der Waals surface area contributed by atoms with E-state index in [0.29, 0.717) is 5.69 Å². The highest BCUT2D eigenvalue weighted by Crippen LogP contribution is 2.42. The van der Waals surface area contributed by atoms with Gasteiger partial charge in [-0.1, -0.05) is 30.3 Å². The van der Waals surface area contributed by atoms with E-state index in [0.717, 1.165) is 0 Å². The molecule has 2 aliphatic rings. The van der Waals surface area contributed by atoms with Crippen LogP contribution < -0.4 is 4.90 Å². The number of para-hydroxylation sites is 1. The van der Waals surface area contributed by atoms with Gasteiger partial charge in [-0.2, -0.15) is 0 Å². The fourth-order valence-electron chi connectivity index (χ4n) is 4.08. The number of halogens is 1. The number of hydrogen-bond acceptors (Lipinski definition) is 4. The fraction of sp³-hybridized carbons (Fsp3) is 0.300. The van der Waals surface area contributed by atoms with Crippen LogP contribution in [0.3, 0.4) is 0 Å². The Hall–Kier alpha value is -2.74. The van der Waals surface area contributed by atoms with Crippen LogP contribution in [0.1, 0.15) is 23.2 Å². The van der Waals surface area contributed by atoms with Crippen molar-refractivity contribution in [2.45, 2.75) is 17.7 Å². The lowest BCUT2D eigenvalue weighted by molar-refractivity contribution is -0.116. The number of hydrogen-bond donors (Lipinski definition) is 0. The van der Waals surface area contributed by atoms with Gasteiger partial charge in [0.1, 0.15) is 11.6 Å². The van der Waals surface area contributed by atoms with Gasteiger partial charge in [-0.25, -0.2) is 12.8 Å². The fourth-order valence-corrected chi connectivity index (χ4v) is 6.10. The maximum atomic E-state index is 14.0. The summed E-state index contributed by atoms with van der Waals surface area (Å²) in [7, 11) is -3.71. The molecule has 0 bridgehead atoms. The zero-order valence-corrected chi connectivity index (χ0v) is 15.9.